The smallest absolute Gasteiger partial charge is 0.274 e. The van der Waals surface area contributed by atoms with Gasteiger partial charge in [0.15, 0.2) is 12.1 Å². The first-order valence-electron chi connectivity index (χ1n) is 8.56. The molecule has 3 aromatic rings. The average molecular weight is 336 g/mol. The van der Waals surface area contributed by atoms with Gasteiger partial charge in [0.1, 0.15) is 5.76 Å². The minimum absolute atomic E-state index is 0.123. The van der Waals surface area contributed by atoms with E-state index in [1.165, 1.54) is 12.0 Å². The van der Waals surface area contributed by atoms with Crippen molar-refractivity contribution in [2.75, 3.05) is 0 Å². The summed E-state index contributed by atoms with van der Waals surface area (Å²) in [4.78, 5) is 21.1. The van der Waals surface area contributed by atoms with E-state index in [1.807, 2.05) is 31.6 Å². The van der Waals surface area contributed by atoms with Crippen molar-refractivity contribution in [3.8, 4) is 0 Å². The molecule has 2 heterocycles. The molecule has 0 bridgehead atoms. The summed E-state index contributed by atoms with van der Waals surface area (Å²) in [6.07, 6.45) is 9.42. The van der Waals surface area contributed by atoms with Gasteiger partial charge in [0.2, 0.25) is 0 Å². The van der Waals surface area contributed by atoms with Crippen molar-refractivity contribution in [1.29, 1.82) is 0 Å². The number of aromatic nitrogens is 3. The standard InChI is InChI=1S/C19H20N4O2/c1-2-16-18(21-12-25-16)19(24)22-17-14-6-4-3-5-13(14)7-8-15(17)23-10-9-20-11-23/h3-6,9-12,15,17H,2,7-8H2,1H3,(H,22,24). The Morgan fingerprint density at radius 2 is 2.28 bits per heavy atom. The van der Waals surface area contributed by atoms with Crippen molar-refractivity contribution in [2.24, 2.45) is 0 Å². The Labute approximate surface area is 145 Å². The maximum atomic E-state index is 12.8. The third-order valence-electron chi connectivity index (χ3n) is 4.86. The number of aryl methyl sites for hydroxylation is 2. The molecule has 0 spiro atoms. The van der Waals surface area contributed by atoms with Crippen LogP contribution in [0.25, 0.3) is 0 Å². The summed E-state index contributed by atoms with van der Waals surface area (Å²) in [5.74, 6) is 0.415. The van der Waals surface area contributed by atoms with Crippen LogP contribution in [-0.2, 0) is 12.8 Å². The number of hydrogen-bond donors (Lipinski definition) is 1. The molecule has 0 saturated carbocycles. The zero-order chi connectivity index (χ0) is 17.2. The van der Waals surface area contributed by atoms with Crippen LogP contribution in [0.4, 0.5) is 0 Å². The van der Waals surface area contributed by atoms with Gasteiger partial charge >= 0.3 is 0 Å². The number of rotatable bonds is 4. The SMILES string of the molecule is CCc1ocnc1C(=O)NC1c2ccccc2CCC1n1ccnc1. The van der Waals surface area contributed by atoms with Gasteiger partial charge in [-0.1, -0.05) is 31.2 Å². The second-order valence-electron chi connectivity index (χ2n) is 6.24. The Morgan fingerprint density at radius 3 is 3.08 bits per heavy atom. The lowest BCUT2D eigenvalue weighted by Crippen LogP contribution is -2.37. The highest BCUT2D eigenvalue weighted by atomic mass is 16.3. The van der Waals surface area contributed by atoms with Crippen molar-refractivity contribution in [1.82, 2.24) is 19.9 Å². The lowest BCUT2D eigenvalue weighted by atomic mass is 9.83. The summed E-state index contributed by atoms with van der Waals surface area (Å²) in [6.45, 7) is 1.95. The zero-order valence-corrected chi connectivity index (χ0v) is 14.1. The van der Waals surface area contributed by atoms with E-state index in [0.717, 1.165) is 18.4 Å². The van der Waals surface area contributed by atoms with Crippen molar-refractivity contribution in [3.05, 3.63) is 72.0 Å². The van der Waals surface area contributed by atoms with E-state index in [4.69, 9.17) is 4.42 Å². The molecule has 4 rings (SSSR count). The van der Waals surface area contributed by atoms with E-state index in [2.05, 4.69) is 32.0 Å². The Balaban J connectivity index is 1.69. The molecule has 1 aliphatic carbocycles. The molecule has 128 valence electrons. The van der Waals surface area contributed by atoms with Gasteiger partial charge in [-0.05, 0) is 24.0 Å². The number of hydrogen-bond acceptors (Lipinski definition) is 4. The monoisotopic (exact) mass is 336 g/mol. The minimum Gasteiger partial charge on any atom is -0.448 e. The maximum Gasteiger partial charge on any atom is 0.274 e. The van der Waals surface area contributed by atoms with Crippen LogP contribution in [0.3, 0.4) is 0 Å². The highest BCUT2D eigenvalue weighted by Gasteiger charge is 2.32. The molecule has 2 atom stereocenters. The Hall–Kier alpha value is -2.89. The van der Waals surface area contributed by atoms with Crippen molar-refractivity contribution < 1.29 is 9.21 Å². The molecule has 1 amide bonds. The molecule has 1 aliphatic rings. The minimum atomic E-state index is -0.197. The van der Waals surface area contributed by atoms with E-state index in [9.17, 15) is 4.79 Å². The molecule has 6 heteroatoms. The summed E-state index contributed by atoms with van der Waals surface area (Å²) >= 11 is 0. The molecule has 2 aromatic heterocycles. The van der Waals surface area contributed by atoms with Gasteiger partial charge in [0, 0.05) is 18.8 Å². The molecule has 0 saturated heterocycles. The quantitative estimate of drug-likeness (QED) is 0.794. The van der Waals surface area contributed by atoms with Gasteiger partial charge in [-0.2, -0.15) is 0 Å². The summed E-state index contributed by atoms with van der Waals surface area (Å²) in [5.41, 5.74) is 2.80. The lowest BCUT2D eigenvalue weighted by molar-refractivity contribution is 0.0911. The number of nitrogens with one attached hydrogen (secondary N) is 1. The van der Waals surface area contributed by atoms with Crippen molar-refractivity contribution in [2.45, 2.75) is 38.3 Å². The van der Waals surface area contributed by atoms with E-state index >= 15 is 0 Å². The van der Waals surface area contributed by atoms with E-state index in [0.29, 0.717) is 17.9 Å². The summed E-state index contributed by atoms with van der Waals surface area (Å²) < 4.78 is 7.38. The maximum absolute atomic E-state index is 12.8. The van der Waals surface area contributed by atoms with Crippen LogP contribution in [0.15, 0.2) is 53.8 Å². The second kappa shape index (κ2) is 6.55. The number of carbonyl (C=O) groups excluding carboxylic acids is 1. The molecule has 6 nitrogen and oxygen atoms in total. The van der Waals surface area contributed by atoms with Crippen LogP contribution in [0, 0.1) is 0 Å². The second-order valence-corrected chi connectivity index (χ2v) is 6.24. The van der Waals surface area contributed by atoms with Crippen LogP contribution in [0.1, 0.15) is 52.8 Å². The Morgan fingerprint density at radius 1 is 1.40 bits per heavy atom. The van der Waals surface area contributed by atoms with E-state index in [-0.39, 0.29) is 18.0 Å². The first-order valence-corrected chi connectivity index (χ1v) is 8.56. The van der Waals surface area contributed by atoms with E-state index < -0.39 is 0 Å². The molecule has 0 radical (unpaired) electrons. The topological polar surface area (TPSA) is 73.0 Å². The summed E-state index contributed by atoms with van der Waals surface area (Å²) in [5, 5.41) is 3.18. The fourth-order valence-electron chi connectivity index (χ4n) is 3.62. The fraction of sp³-hybridized carbons (Fsp3) is 0.316. The molecule has 1 N–H and O–H groups in total. The zero-order valence-electron chi connectivity index (χ0n) is 14.1. The predicted molar refractivity (Wildman–Crippen MR) is 92.1 cm³/mol. The molecular formula is C19H20N4O2. The first-order chi connectivity index (χ1) is 12.3. The third-order valence-corrected chi connectivity index (χ3v) is 4.86. The van der Waals surface area contributed by atoms with Crippen LogP contribution in [-0.4, -0.2) is 20.4 Å². The number of carbonyl (C=O) groups is 1. The summed E-state index contributed by atoms with van der Waals surface area (Å²) in [7, 11) is 0. The molecule has 25 heavy (non-hydrogen) atoms. The van der Waals surface area contributed by atoms with Gasteiger partial charge < -0.3 is 14.3 Å². The van der Waals surface area contributed by atoms with Crippen LogP contribution in [0.2, 0.25) is 0 Å². The van der Waals surface area contributed by atoms with Crippen LogP contribution in [0.5, 0.6) is 0 Å². The van der Waals surface area contributed by atoms with Gasteiger partial charge in [-0.25, -0.2) is 9.97 Å². The highest BCUT2D eigenvalue weighted by Crippen LogP contribution is 2.37. The number of amides is 1. The van der Waals surface area contributed by atoms with Crippen LogP contribution < -0.4 is 5.32 Å². The van der Waals surface area contributed by atoms with Gasteiger partial charge in [-0.3, -0.25) is 4.79 Å². The van der Waals surface area contributed by atoms with Gasteiger partial charge in [0.25, 0.3) is 5.91 Å². The average Bonchev–Trinajstić information content (AvgIpc) is 3.33. The largest absolute Gasteiger partial charge is 0.448 e. The number of fused-ring (bicyclic) bond motifs is 1. The first kappa shape index (κ1) is 15.6. The predicted octanol–water partition coefficient (Wildman–Crippen LogP) is 3.09. The number of imidazole rings is 1. The van der Waals surface area contributed by atoms with Crippen molar-refractivity contribution >= 4 is 5.91 Å². The summed E-state index contributed by atoms with van der Waals surface area (Å²) in [6, 6.07) is 8.27. The number of oxazole rings is 1. The fourth-order valence-corrected chi connectivity index (χ4v) is 3.62. The van der Waals surface area contributed by atoms with Gasteiger partial charge in [-0.15, -0.1) is 0 Å². The number of benzene rings is 1. The molecule has 2 unspecified atom stereocenters. The Bertz CT molecular complexity index is 869. The molecule has 0 aliphatic heterocycles. The van der Waals surface area contributed by atoms with Crippen LogP contribution >= 0.6 is 0 Å². The molecular weight excluding hydrogens is 316 g/mol. The highest BCUT2D eigenvalue weighted by molar-refractivity contribution is 5.93. The van der Waals surface area contributed by atoms with Gasteiger partial charge in [0.05, 0.1) is 18.4 Å². The van der Waals surface area contributed by atoms with E-state index in [1.54, 1.807) is 6.20 Å². The molecule has 0 fully saturated rings. The van der Waals surface area contributed by atoms with Crippen molar-refractivity contribution in [3.63, 3.8) is 0 Å². The Kier molecular flexibility index (Phi) is 4.09. The molecule has 1 aromatic carbocycles. The number of nitrogens with zero attached hydrogens (tertiary/aromatic N) is 3. The third kappa shape index (κ3) is 2.84. The lowest BCUT2D eigenvalue weighted by Gasteiger charge is -2.34. The normalized spacial score (nSPS) is 19.4.